The fraction of sp³-hybridized carbons (Fsp3) is 0.615. The summed E-state index contributed by atoms with van der Waals surface area (Å²) in [5.74, 6) is -0.393. The van der Waals surface area contributed by atoms with Gasteiger partial charge >= 0.3 is 5.97 Å². The van der Waals surface area contributed by atoms with Gasteiger partial charge in [-0.1, -0.05) is 0 Å². The van der Waals surface area contributed by atoms with Crippen LogP contribution in [0.3, 0.4) is 0 Å². The van der Waals surface area contributed by atoms with Gasteiger partial charge in [0.05, 0.1) is 17.8 Å². The molecule has 1 aliphatic heterocycles. The average molecular weight is 282 g/mol. The summed E-state index contributed by atoms with van der Waals surface area (Å²) in [5.41, 5.74) is 2.38. The number of aryl methyl sites for hydroxylation is 1. The summed E-state index contributed by atoms with van der Waals surface area (Å²) in [7, 11) is 0. The predicted molar refractivity (Wildman–Crippen MR) is 72.2 cm³/mol. The number of hydrogen-bond acceptors (Lipinski definition) is 5. The van der Waals surface area contributed by atoms with E-state index in [-0.39, 0.29) is 11.9 Å². The highest BCUT2D eigenvalue weighted by Crippen LogP contribution is 2.23. The summed E-state index contributed by atoms with van der Waals surface area (Å²) in [6, 6.07) is -0.442. The number of thiazole rings is 1. The Kier molecular flexibility index (Phi) is 4.52. The van der Waals surface area contributed by atoms with Crippen LogP contribution in [0, 0.1) is 6.92 Å². The zero-order valence-electron chi connectivity index (χ0n) is 11.2. The van der Waals surface area contributed by atoms with Gasteiger partial charge in [-0.15, -0.1) is 11.3 Å². The third-order valence-electron chi connectivity index (χ3n) is 3.26. The Morgan fingerprint density at radius 2 is 2.32 bits per heavy atom. The van der Waals surface area contributed by atoms with Crippen LogP contribution >= 0.6 is 11.3 Å². The van der Waals surface area contributed by atoms with E-state index in [1.165, 1.54) is 11.3 Å². The van der Waals surface area contributed by atoms with Crippen molar-refractivity contribution in [1.29, 1.82) is 0 Å². The van der Waals surface area contributed by atoms with E-state index in [4.69, 9.17) is 4.74 Å². The summed E-state index contributed by atoms with van der Waals surface area (Å²) >= 11 is 1.32. The minimum atomic E-state index is -0.442. The molecule has 0 spiro atoms. The number of rotatable bonds is 3. The summed E-state index contributed by atoms with van der Waals surface area (Å²) in [6.45, 7) is 4.55. The zero-order chi connectivity index (χ0) is 13.8. The van der Waals surface area contributed by atoms with E-state index in [9.17, 15) is 9.59 Å². The first-order valence-corrected chi connectivity index (χ1v) is 7.40. The molecule has 0 radical (unpaired) electrons. The van der Waals surface area contributed by atoms with Gasteiger partial charge < -0.3 is 9.64 Å². The monoisotopic (exact) mass is 282 g/mol. The number of esters is 1. The topological polar surface area (TPSA) is 59.5 Å². The van der Waals surface area contributed by atoms with Gasteiger partial charge in [0.1, 0.15) is 10.9 Å². The van der Waals surface area contributed by atoms with Crippen molar-refractivity contribution in [2.75, 3.05) is 13.2 Å². The second-order valence-corrected chi connectivity index (χ2v) is 5.38. The van der Waals surface area contributed by atoms with Crippen molar-refractivity contribution in [3.05, 3.63) is 16.1 Å². The Hall–Kier alpha value is -1.43. The van der Waals surface area contributed by atoms with Crippen LogP contribution in [-0.2, 0) is 9.53 Å². The third kappa shape index (κ3) is 2.94. The normalized spacial score (nSPS) is 19.3. The molecular weight excluding hydrogens is 264 g/mol. The molecule has 1 unspecified atom stereocenters. The molecule has 1 atom stereocenters. The maximum atomic E-state index is 12.5. The lowest BCUT2D eigenvalue weighted by molar-refractivity contribution is -0.149. The molecule has 5 nitrogen and oxygen atoms in total. The second kappa shape index (κ2) is 6.14. The van der Waals surface area contributed by atoms with E-state index in [1.807, 2.05) is 6.92 Å². The standard InChI is InChI=1S/C13H18N2O3S/c1-3-18-13(17)10-6-4-5-7-15(10)12(16)11-9(2)14-8-19-11/h8,10H,3-7H2,1-2H3. The fourth-order valence-electron chi connectivity index (χ4n) is 2.30. The minimum Gasteiger partial charge on any atom is -0.464 e. The van der Waals surface area contributed by atoms with Crippen molar-refractivity contribution >= 4 is 23.2 Å². The molecule has 2 rings (SSSR count). The number of nitrogens with zero attached hydrogens (tertiary/aromatic N) is 2. The second-order valence-electron chi connectivity index (χ2n) is 4.53. The Bertz CT molecular complexity index is 472. The van der Waals surface area contributed by atoms with E-state index in [0.717, 1.165) is 18.5 Å². The number of likely N-dealkylation sites (tertiary alicyclic amines) is 1. The smallest absolute Gasteiger partial charge is 0.328 e. The van der Waals surface area contributed by atoms with Crippen molar-refractivity contribution in [3.8, 4) is 0 Å². The Labute approximate surface area is 116 Å². The number of carbonyl (C=O) groups excluding carboxylic acids is 2. The molecule has 1 amide bonds. The summed E-state index contributed by atoms with van der Waals surface area (Å²) in [5, 5.41) is 0. The first-order chi connectivity index (χ1) is 9.15. The average Bonchev–Trinajstić information content (AvgIpc) is 2.84. The number of aromatic nitrogens is 1. The molecule has 0 saturated carbocycles. The van der Waals surface area contributed by atoms with Crippen LogP contribution in [0.4, 0.5) is 0 Å². The maximum absolute atomic E-state index is 12.5. The lowest BCUT2D eigenvalue weighted by Crippen LogP contribution is -2.48. The summed E-state index contributed by atoms with van der Waals surface area (Å²) in [6.07, 6.45) is 2.57. The molecule has 1 fully saturated rings. The minimum absolute atomic E-state index is 0.0993. The van der Waals surface area contributed by atoms with E-state index in [2.05, 4.69) is 4.98 Å². The van der Waals surface area contributed by atoms with Gasteiger partial charge in [-0.3, -0.25) is 4.79 Å². The highest BCUT2D eigenvalue weighted by molar-refractivity contribution is 7.11. The van der Waals surface area contributed by atoms with E-state index in [1.54, 1.807) is 17.3 Å². The Morgan fingerprint density at radius 3 is 2.95 bits per heavy atom. The van der Waals surface area contributed by atoms with Gasteiger partial charge in [-0.25, -0.2) is 9.78 Å². The molecule has 1 aromatic rings. The van der Waals surface area contributed by atoms with Crippen molar-refractivity contribution in [2.45, 2.75) is 39.2 Å². The Morgan fingerprint density at radius 1 is 1.53 bits per heavy atom. The lowest BCUT2D eigenvalue weighted by Gasteiger charge is -2.33. The van der Waals surface area contributed by atoms with E-state index >= 15 is 0 Å². The lowest BCUT2D eigenvalue weighted by atomic mass is 10.0. The van der Waals surface area contributed by atoms with Crippen molar-refractivity contribution < 1.29 is 14.3 Å². The summed E-state index contributed by atoms with van der Waals surface area (Å²) in [4.78, 5) is 30.8. The third-order valence-corrected chi connectivity index (χ3v) is 4.18. The molecule has 1 saturated heterocycles. The van der Waals surface area contributed by atoms with E-state index in [0.29, 0.717) is 24.4 Å². The van der Waals surface area contributed by atoms with Crippen LogP contribution in [0.2, 0.25) is 0 Å². The highest BCUT2D eigenvalue weighted by Gasteiger charge is 2.34. The Balaban J connectivity index is 2.18. The number of amides is 1. The fourth-order valence-corrected chi connectivity index (χ4v) is 3.05. The molecule has 0 aliphatic carbocycles. The van der Waals surface area contributed by atoms with Crippen LogP contribution in [0.1, 0.15) is 41.6 Å². The molecule has 2 heterocycles. The van der Waals surface area contributed by atoms with Crippen LogP contribution in [-0.4, -0.2) is 41.0 Å². The van der Waals surface area contributed by atoms with E-state index < -0.39 is 6.04 Å². The van der Waals surface area contributed by atoms with Gasteiger partial charge in [-0.2, -0.15) is 0 Å². The van der Waals surface area contributed by atoms with Gasteiger partial charge in [0, 0.05) is 6.54 Å². The largest absolute Gasteiger partial charge is 0.464 e. The van der Waals surface area contributed by atoms with Gasteiger partial charge in [0.2, 0.25) is 0 Å². The highest BCUT2D eigenvalue weighted by atomic mass is 32.1. The van der Waals surface area contributed by atoms with Gasteiger partial charge in [-0.05, 0) is 33.1 Å². The maximum Gasteiger partial charge on any atom is 0.328 e. The van der Waals surface area contributed by atoms with Crippen LogP contribution in [0.25, 0.3) is 0 Å². The molecule has 104 valence electrons. The molecule has 1 aromatic heterocycles. The number of hydrogen-bond donors (Lipinski definition) is 0. The molecule has 1 aliphatic rings. The van der Waals surface area contributed by atoms with Crippen molar-refractivity contribution in [2.24, 2.45) is 0 Å². The van der Waals surface area contributed by atoms with Gasteiger partial charge in [0.15, 0.2) is 0 Å². The quantitative estimate of drug-likeness (QED) is 0.796. The SMILES string of the molecule is CCOC(=O)C1CCCCN1C(=O)c1scnc1C. The molecule has 0 N–H and O–H groups in total. The molecule has 0 aromatic carbocycles. The summed E-state index contributed by atoms with van der Waals surface area (Å²) < 4.78 is 5.06. The molecular formula is C13H18N2O3S. The predicted octanol–water partition coefficient (Wildman–Crippen LogP) is 2.01. The molecule has 19 heavy (non-hydrogen) atoms. The zero-order valence-corrected chi connectivity index (χ0v) is 12.0. The first-order valence-electron chi connectivity index (χ1n) is 6.52. The van der Waals surface area contributed by atoms with Crippen molar-refractivity contribution in [1.82, 2.24) is 9.88 Å². The number of ether oxygens (including phenoxy) is 1. The molecule has 6 heteroatoms. The number of carbonyl (C=O) groups is 2. The molecule has 0 bridgehead atoms. The van der Waals surface area contributed by atoms with Crippen LogP contribution in [0.5, 0.6) is 0 Å². The van der Waals surface area contributed by atoms with Crippen LogP contribution < -0.4 is 0 Å². The first kappa shape index (κ1) is 14.0. The van der Waals surface area contributed by atoms with Crippen LogP contribution in [0.15, 0.2) is 5.51 Å². The van der Waals surface area contributed by atoms with Crippen molar-refractivity contribution in [3.63, 3.8) is 0 Å². The number of piperidine rings is 1. The van der Waals surface area contributed by atoms with Gasteiger partial charge in [0.25, 0.3) is 5.91 Å².